The molecule has 0 saturated heterocycles. The standard InChI is InChI=1S/C16H15NO3S/c1-10-8-14(21-11(10)2)16(20)17-13-5-3-4-12(9-13)6-7-15(18)19/h3-9H,1-2H3,(H,17,20)(H,18,19). The van der Waals surface area contributed by atoms with Crippen LogP contribution in [0.3, 0.4) is 0 Å². The van der Waals surface area contributed by atoms with E-state index in [1.807, 2.05) is 19.9 Å². The number of benzene rings is 1. The van der Waals surface area contributed by atoms with Gasteiger partial charge in [-0.25, -0.2) is 4.79 Å². The molecule has 1 heterocycles. The van der Waals surface area contributed by atoms with Crippen molar-refractivity contribution in [2.45, 2.75) is 13.8 Å². The number of carbonyl (C=O) groups excluding carboxylic acids is 1. The van der Waals surface area contributed by atoms with Gasteiger partial charge >= 0.3 is 5.97 Å². The van der Waals surface area contributed by atoms with Crippen LogP contribution in [-0.4, -0.2) is 17.0 Å². The summed E-state index contributed by atoms with van der Waals surface area (Å²) in [5.41, 5.74) is 2.45. The lowest BCUT2D eigenvalue weighted by atomic mass is 10.2. The van der Waals surface area contributed by atoms with E-state index in [4.69, 9.17) is 5.11 Å². The normalized spacial score (nSPS) is 10.8. The molecule has 0 radical (unpaired) electrons. The number of hydrogen-bond acceptors (Lipinski definition) is 3. The molecule has 1 aromatic carbocycles. The Morgan fingerprint density at radius 1 is 1.24 bits per heavy atom. The highest BCUT2D eigenvalue weighted by Crippen LogP contribution is 2.22. The number of carboxylic acids is 1. The molecule has 0 unspecified atom stereocenters. The molecule has 0 aliphatic heterocycles. The van der Waals surface area contributed by atoms with Crippen LogP contribution in [0.1, 0.15) is 25.7 Å². The highest BCUT2D eigenvalue weighted by molar-refractivity contribution is 7.14. The molecule has 0 aliphatic rings. The summed E-state index contributed by atoms with van der Waals surface area (Å²) in [5, 5.41) is 11.4. The number of hydrogen-bond donors (Lipinski definition) is 2. The zero-order chi connectivity index (χ0) is 15.4. The van der Waals surface area contributed by atoms with Crippen LogP contribution in [0.4, 0.5) is 5.69 Å². The van der Waals surface area contributed by atoms with Crippen molar-refractivity contribution < 1.29 is 14.7 Å². The molecular formula is C16H15NO3S. The number of nitrogens with one attached hydrogen (secondary N) is 1. The molecule has 2 rings (SSSR count). The highest BCUT2D eigenvalue weighted by Gasteiger charge is 2.10. The van der Waals surface area contributed by atoms with Gasteiger partial charge in [-0.2, -0.15) is 0 Å². The maximum absolute atomic E-state index is 12.1. The summed E-state index contributed by atoms with van der Waals surface area (Å²) in [6.45, 7) is 3.95. The molecule has 2 N–H and O–H groups in total. The average Bonchev–Trinajstić information content (AvgIpc) is 2.77. The van der Waals surface area contributed by atoms with Crippen LogP contribution in [0, 0.1) is 13.8 Å². The monoisotopic (exact) mass is 301 g/mol. The first-order chi connectivity index (χ1) is 9.95. The van der Waals surface area contributed by atoms with Gasteiger partial charge in [0.05, 0.1) is 4.88 Å². The first-order valence-corrected chi connectivity index (χ1v) is 7.17. The zero-order valence-corrected chi connectivity index (χ0v) is 12.5. The van der Waals surface area contributed by atoms with Gasteiger partial charge in [-0.15, -0.1) is 11.3 Å². The van der Waals surface area contributed by atoms with Crippen LogP contribution >= 0.6 is 11.3 Å². The van der Waals surface area contributed by atoms with E-state index < -0.39 is 5.97 Å². The number of thiophene rings is 1. The molecule has 0 bridgehead atoms. The lowest BCUT2D eigenvalue weighted by Crippen LogP contribution is -2.10. The average molecular weight is 301 g/mol. The largest absolute Gasteiger partial charge is 0.478 e. The van der Waals surface area contributed by atoms with Gasteiger partial charge in [0.1, 0.15) is 0 Å². The summed E-state index contributed by atoms with van der Waals surface area (Å²) in [6, 6.07) is 8.90. The molecule has 5 heteroatoms. The van der Waals surface area contributed by atoms with Crippen molar-refractivity contribution in [3.05, 3.63) is 57.3 Å². The number of amides is 1. The van der Waals surface area contributed by atoms with Crippen molar-refractivity contribution in [2.75, 3.05) is 5.32 Å². The Hall–Kier alpha value is -2.40. The summed E-state index contributed by atoms with van der Waals surface area (Å²) in [5.74, 6) is -1.16. The summed E-state index contributed by atoms with van der Waals surface area (Å²) in [4.78, 5) is 24.4. The van der Waals surface area contributed by atoms with Gasteiger partial charge in [-0.1, -0.05) is 12.1 Å². The number of aryl methyl sites for hydroxylation is 2. The second-order valence-corrected chi connectivity index (χ2v) is 5.86. The molecule has 2 aromatic rings. The molecule has 1 amide bonds. The zero-order valence-electron chi connectivity index (χ0n) is 11.7. The van der Waals surface area contributed by atoms with Crippen LogP contribution < -0.4 is 5.32 Å². The van der Waals surface area contributed by atoms with Crippen LogP contribution in [0.5, 0.6) is 0 Å². The topological polar surface area (TPSA) is 66.4 Å². The van der Waals surface area contributed by atoms with E-state index in [9.17, 15) is 9.59 Å². The van der Waals surface area contributed by atoms with E-state index in [1.165, 1.54) is 17.4 Å². The summed E-state index contributed by atoms with van der Waals surface area (Å²) in [7, 11) is 0. The van der Waals surface area contributed by atoms with Crippen molar-refractivity contribution >= 4 is 35.0 Å². The molecule has 0 fully saturated rings. The molecule has 21 heavy (non-hydrogen) atoms. The minimum absolute atomic E-state index is 0.157. The van der Waals surface area contributed by atoms with Crippen LogP contribution in [0.25, 0.3) is 6.08 Å². The Balaban J connectivity index is 2.14. The number of anilines is 1. The van der Waals surface area contributed by atoms with Gasteiger partial charge in [-0.3, -0.25) is 4.79 Å². The van der Waals surface area contributed by atoms with Crippen molar-refractivity contribution in [2.24, 2.45) is 0 Å². The molecule has 4 nitrogen and oxygen atoms in total. The van der Waals surface area contributed by atoms with Crippen molar-refractivity contribution in [3.63, 3.8) is 0 Å². The number of carboxylic acid groups (broad SMARTS) is 1. The SMILES string of the molecule is Cc1cc(C(=O)Nc2cccc(C=CC(=O)O)c2)sc1C. The number of aliphatic carboxylic acids is 1. The molecule has 0 spiro atoms. The van der Waals surface area contributed by atoms with Gasteiger partial charge in [0.15, 0.2) is 0 Å². The van der Waals surface area contributed by atoms with E-state index in [2.05, 4.69) is 5.32 Å². The predicted octanol–water partition coefficient (Wildman–Crippen LogP) is 3.72. The Labute approximate surface area is 126 Å². The fourth-order valence-corrected chi connectivity index (χ4v) is 2.69. The lowest BCUT2D eigenvalue weighted by molar-refractivity contribution is -0.131. The minimum atomic E-state index is -1.01. The van der Waals surface area contributed by atoms with Gasteiger partial charge in [-0.05, 0) is 49.2 Å². The Bertz CT molecular complexity index is 697. The number of rotatable bonds is 4. The highest BCUT2D eigenvalue weighted by atomic mass is 32.1. The van der Waals surface area contributed by atoms with Crippen LogP contribution in [0.2, 0.25) is 0 Å². The van der Waals surface area contributed by atoms with Crippen LogP contribution in [0.15, 0.2) is 36.4 Å². The maximum atomic E-state index is 12.1. The smallest absolute Gasteiger partial charge is 0.328 e. The second-order valence-electron chi connectivity index (χ2n) is 4.60. The number of carbonyl (C=O) groups is 2. The van der Waals surface area contributed by atoms with Crippen molar-refractivity contribution in [3.8, 4) is 0 Å². The van der Waals surface area contributed by atoms with Gasteiger partial charge < -0.3 is 10.4 Å². The Morgan fingerprint density at radius 3 is 2.62 bits per heavy atom. The Morgan fingerprint density at radius 2 is 2.00 bits per heavy atom. The van der Waals surface area contributed by atoms with E-state index in [1.54, 1.807) is 24.3 Å². The van der Waals surface area contributed by atoms with E-state index in [0.29, 0.717) is 16.1 Å². The summed E-state index contributed by atoms with van der Waals surface area (Å²) < 4.78 is 0. The third-order valence-corrected chi connectivity index (χ3v) is 4.10. The van der Waals surface area contributed by atoms with Crippen LogP contribution in [-0.2, 0) is 4.79 Å². The lowest BCUT2D eigenvalue weighted by Gasteiger charge is -2.04. The van der Waals surface area contributed by atoms with E-state index >= 15 is 0 Å². The van der Waals surface area contributed by atoms with Crippen molar-refractivity contribution in [1.29, 1.82) is 0 Å². The molecule has 1 aromatic heterocycles. The third kappa shape index (κ3) is 4.03. The second kappa shape index (κ2) is 6.37. The Kier molecular flexibility index (Phi) is 4.55. The molecule has 108 valence electrons. The summed E-state index contributed by atoms with van der Waals surface area (Å²) in [6.07, 6.45) is 2.55. The first kappa shape index (κ1) is 15.0. The summed E-state index contributed by atoms with van der Waals surface area (Å²) >= 11 is 1.46. The molecule has 0 aliphatic carbocycles. The first-order valence-electron chi connectivity index (χ1n) is 6.35. The minimum Gasteiger partial charge on any atom is -0.478 e. The molecule has 0 saturated carbocycles. The van der Waals surface area contributed by atoms with E-state index in [-0.39, 0.29) is 5.91 Å². The fraction of sp³-hybridized carbons (Fsp3) is 0.125. The maximum Gasteiger partial charge on any atom is 0.328 e. The van der Waals surface area contributed by atoms with E-state index in [0.717, 1.165) is 16.5 Å². The van der Waals surface area contributed by atoms with Gasteiger partial charge in [0, 0.05) is 16.6 Å². The third-order valence-electron chi connectivity index (χ3n) is 2.95. The van der Waals surface area contributed by atoms with Gasteiger partial charge in [0.25, 0.3) is 5.91 Å². The van der Waals surface area contributed by atoms with Gasteiger partial charge in [0.2, 0.25) is 0 Å². The fourth-order valence-electron chi connectivity index (χ4n) is 1.77. The predicted molar refractivity (Wildman–Crippen MR) is 84.9 cm³/mol. The van der Waals surface area contributed by atoms with Crippen molar-refractivity contribution in [1.82, 2.24) is 0 Å². The molecule has 0 atom stereocenters. The molecular weight excluding hydrogens is 286 g/mol. The quantitative estimate of drug-likeness (QED) is 0.846.